The molecule has 1 saturated heterocycles. The Bertz CT molecular complexity index is 914. The van der Waals surface area contributed by atoms with Crippen molar-refractivity contribution < 1.29 is 4.74 Å². The van der Waals surface area contributed by atoms with Gasteiger partial charge >= 0.3 is 0 Å². The van der Waals surface area contributed by atoms with Crippen LogP contribution in [0.5, 0.6) is 5.75 Å². The van der Waals surface area contributed by atoms with Crippen LogP contribution in [0.25, 0.3) is 22.5 Å². The first-order valence-corrected chi connectivity index (χ1v) is 9.55. The van der Waals surface area contributed by atoms with Gasteiger partial charge in [0.25, 0.3) is 0 Å². The summed E-state index contributed by atoms with van der Waals surface area (Å²) in [5, 5.41) is 5.26. The van der Waals surface area contributed by atoms with Crippen LogP contribution in [0.4, 0.5) is 0 Å². The molecule has 1 fully saturated rings. The Balaban J connectivity index is 1.61. The summed E-state index contributed by atoms with van der Waals surface area (Å²) in [6.45, 7) is 2.22. The van der Waals surface area contributed by atoms with Crippen LogP contribution >= 0.6 is 11.6 Å². The van der Waals surface area contributed by atoms with Crippen molar-refractivity contribution in [3.05, 3.63) is 53.8 Å². The van der Waals surface area contributed by atoms with Crippen molar-refractivity contribution in [2.75, 3.05) is 27.2 Å². The molecule has 0 amide bonds. The molecule has 0 N–H and O–H groups in total. The molecule has 0 atom stereocenters. The summed E-state index contributed by atoms with van der Waals surface area (Å²) < 4.78 is 7.31. The molecule has 0 saturated carbocycles. The van der Waals surface area contributed by atoms with Gasteiger partial charge in [0.15, 0.2) is 0 Å². The molecule has 5 nitrogen and oxygen atoms in total. The largest absolute Gasteiger partial charge is 0.497 e. The molecule has 1 aliphatic rings. The zero-order valence-corrected chi connectivity index (χ0v) is 16.4. The van der Waals surface area contributed by atoms with E-state index in [0.717, 1.165) is 54.2 Å². The highest BCUT2D eigenvalue weighted by atomic mass is 35.5. The first kappa shape index (κ1) is 18.0. The van der Waals surface area contributed by atoms with Crippen molar-refractivity contribution in [3.8, 4) is 28.3 Å². The van der Waals surface area contributed by atoms with Gasteiger partial charge < -0.3 is 9.64 Å². The number of rotatable bonds is 4. The summed E-state index contributed by atoms with van der Waals surface area (Å²) in [5.74, 6) is 0.820. The number of likely N-dealkylation sites (tertiary alicyclic amines) is 1. The van der Waals surface area contributed by atoms with Crippen molar-refractivity contribution in [1.29, 1.82) is 0 Å². The summed E-state index contributed by atoms with van der Waals surface area (Å²) in [7, 11) is 3.83. The van der Waals surface area contributed by atoms with Crippen LogP contribution in [0.15, 0.2) is 48.8 Å². The molecule has 1 aliphatic heterocycles. The summed E-state index contributed by atoms with van der Waals surface area (Å²) >= 11 is 6.38. The van der Waals surface area contributed by atoms with Crippen molar-refractivity contribution in [3.63, 3.8) is 0 Å². The molecule has 3 aromatic rings. The Kier molecular flexibility index (Phi) is 5.14. The van der Waals surface area contributed by atoms with Gasteiger partial charge in [0, 0.05) is 22.3 Å². The van der Waals surface area contributed by atoms with Crippen molar-refractivity contribution in [2.24, 2.45) is 0 Å². The third-order valence-corrected chi connectivity index (χ3v) is 5.35. The highest BCUT2D eigenvalue weighted by molar-refractivity contribution is 6.31. The lowest BCUT2D eigenvalue weighted by Crippen LogP contribution is -2.31. The topological polar surface area (TPSA) is 43.2 Å². The molecule has 140 valence electrons. The maximum absolute atomic E-state index is 6.38. The maximum atomic E-state index is 6.38. The monoisotopic (exact) mass is 382 g/mol. The van der Waals surface area contributed by atoms with Gasteiger partial charge in [-0.3, -0.25) is 4.68 Å². The average Bonchev–Trinajstić information content (AvgIpc) is 3.18. The zero-order chi connectivity index (χ0) is 18.8. The Hall–Kier alpha value is -2.37. The van der Waals surface area contributed by atoms with Gasteiger partial charge in [0.05, 0.1) is 30.7 Å². The normalized spacial score (nSPS) is 15.8. The molecule has 6 heteroatoms. The van der Waals surface area contributed by atoms with E-state index in [0.29, 0.717) is 11.1 Å². The van der Waals surface area contributed by atoms with E-state index in [1.807, 2.05) is 42.6 Å². The minimum atomic E-state index is 0.454. The Morgan fingerprint density at radius 1 is 1.04 bits per heavy atom. The molecule has 2 aromatic heterocycles. The van der Waals surface area contributed by atoms with Gasteiger partial charge in [-0.25, -0.2) is 4.98 Å². The number of ether oxygens (including phenoxy) is 1. The van der Waals surface area contributed by atoms with E-state index in [1.165, 1.54) is 0 Å². The van der Waals surface area contributed by atoms with Crippen LogP contribution in [0.3, 0.4) is 0 Å². The molecular formula is C21H23ClN4O. The SMILES string of the molecule is COc1ccc(-c2cc(Cl)cc(-c3cnn(C4CCN(C)CC4)c3)n2)cc1. The quantitative estimate of drug-likeness (QED) is 0.664. The number of methoxy groups -OCH3 is 1. The third kappa shape index (κ3) is 3.99. The van der Waals surface area contributed by atoms with E-state index in [1.54, 1.807) is 7.11 Å². The predicted molar refractivity (Wildman–Crippen MR) is 108 cm³/mol. The van der Waals surface area contributed by atoms with Crippen LogP contribution in [0.2, 0.25) is 5.02 Å². The number of hydrogen-bond donors (Lipinski definition) is 0. The number of piperidine rings is 1. The predicted octanol–water partition coefficient (Wildman–Crippen LogP) is 4.54. The van der Waals surface area contributed by atoms with E-state index >= 15 is 0 Å². The summed E-state index contributed by atoms with van der Waals surface area (Å²) in [4.78, 5) is 7.17. The number of nitrogens with zero attached hydrogens (tertiary/aromatic N) is 4. The lowest BCUT2D eigenvalue weighted by molar-refractivity contribution is 0.212. The molecule has 0 unspecified atom stereocenters. The molecule has 0 radical (unpaired) electrons. The van der Waals surface area contributed by atoms with E-state index in [2.05, 4.69) is 27.9 Å². The molecule has 0 bridgehead atoms. The fourth-order valence-corrected chi connectivity index (χ4v) is 3.69. The average molecular weight is 383 g/mol. The molecule has 1 aromatic carbocycles. The van der Waals surface area contributed by atoms with Gasteiger partial charge in [-0.15, -0.1) is 0 Å². The van der Waals surface area contributed by atoms with E-state index in [9.17, 15) is 0 Å². The number of pyridine rings is 1. The zero-order valence-electron chi connectivity index (χ0n) is 15.6. The minimum Gasteiger partial charge on any atom is -0.497 e. The van der Waals surface area contributed by atoms with Crippen molar-refractivity contribution in [2.45, 2.75) is 18.9 Å². The van der Waals surface area contributed by atoms with Crippen LogP contribution in [-0.2, 0) is 0 Å². The van der Waals surface area contributed by atoms with E-state index in [-0.39, 0.29) is 0 Å². The molecular weight excluding hydrogens is 360 g/mol. The number of halogens is 1. The summed E-state index contributed by atoms with van der Waals surface area (Å²) in [6.07, 6.45) is 6.22. The fraction of sp³-hybridized carbons (Fsp3) is 0.333. The second-order valence-corrected chi connectivity index (χ2v) is 7.46. The van der Waals surface area contributed by atoms with Crippen molar-refractivity contribution in [1.82, 2.24) is 19.7 Å². The Morgan fingerprint density at radius 2 is 1.70 bits per heavy atom. The van der Waals surface area contributed by atoms with Crippen LogP contribution < -0.4 is 4.74 Å². The molecule has 0 aliphatic carbocycles. The minimum absolute atomic E-state index is 0.454. The second kappa shape index (κ2) is 7.71. The molecule has 4 rings (SSSR count). The van der Waals surface area contributed by atoms with Crippen LogP contribution in [0, 0.1) is 0 Å². The fourth-order valence-electron chi connectivity index (χ4n) is 3.48. The van der Waals surface area contributed by atoms with Gasteiger partial charge in [-0.05, 0) is 69.4 Å². The summed E-state index contributed by atoms with van der Waals surface area (Å²) in [6, 6.07) is 12.1. The van der Waals surface area contributed by atoms with Gasteiger partial charge in [0.1, 0.15) is 5.75 Å². The molecule has 27 heavy (non-hydrogen) atoms. The Labute approximate surface area is 164 Å². The standard InChI is InChI=1S/C21H23ClN4O/c1-25-9-7-18(8-10-25)26-14-16(13-23-26)21-12-17(22)11-20(24-21)15-3-5-19(27-2)6-4-15/h3-6,11-14,18H,7-10H2,1-2H3. The lowest BCUT2D eigenvalue weighted by atomic mass is 10.1. The molecule has 3 heterocycles. The highest BCUT2D eigenvalue weighted by Gasteiger charge is 2.19. The maximum Gasteiger partial charge on any atom is 0.118 e. The lowest BCUT2D eigenvalue weighted by Gasteiger charge is -2.28. The second-order valence-electron chi connectivity index (χ2n) is 7.03. The third-order valence-electron chi connectivity index (χ3n) is 5.14. The first-order chi connectivity index (χ1) is 13.1. The highest BCUT2D eigenvalue weighted by Crippen LogP contribution is 2.29. The Morgan fingerprint density at radius 3 is 2.37 bits per heavy atom. The summed E-state index contributed by atoms with van der Waals surface area (Å²) in [5.41, 5.74) is 3.67. The van der Waals surface area contributed by atoms with E-state index in [4.69, 9.17) is 21.3 Å². The van der Waals surface area contributed by atoms with Gasteiger partial charge in [-0.2, -0.15) is 5.10 Å². The smallest absolute Gasteiger partial charge is 0.118 e. The number of hydrogen-bond acceptors (Lipinski definition) is 4. The number of aromatic nitrogens is 3. The van der Waals surface area contributed by atoms with E-state index < -0.39 is 0 Å². The van der Waals surface area contributed by atoms with Gasteiger partial charge in [-0.1, -0.05) is 11.6 Å². The van der Waals surface area contributed by atoms with Crippen LogP contribution in [-0.4, -0.2) is 46.9 Å². The van der Waals surface area contributed by atoms with Gasteiger partial charge in [0.2, 0.25) is 0 Å². The molecule has 0 spiro atoms. The van der Waals surface area contributed by atoms with Crippen LogP contribution in [0.1, 0.15) is 18.9 Å². The van der Waals surface area contributed by atoms with Crippen molar-refractivity contribution >= 4 is 11.6 Å². The number of benzene rings is 1. The first-order valence-electron chi connectivity index (χ1n) is 9.17.